The second-order valence-corrected chi connectivity index (χ2v) is 9.06. The molecule has 4 rings (SSSR count). The number of nitrogens with one attached hydrogen (secondary N) is 3. The van der Waals surface area contributed by atoms with E-state index in [-0.39, 0.29) is 11.9 Å². The molecule has 8 heteroatoms. The molecule has 1 heterocycles. The van der Waals surface area contributed by atoms with Crippen LogP contribution >= 0.6 is 0 Å². The molecule has 1 aromatic heterocycles. The number of carbonyl (C=O) groups excluding carboxylic acids is 1. The summed E-state index contributed by atoms with van der Waals surface area (Å²) in [6, 6.07) is 9.71. The normalized spacial score (nSPS) is 15.7. The third-order valence-corrected chi connectivity index (χ3v) is 6.44. The molecule has 0 bridgehead atoms. The Morgan fingerprint density at radius 1 is 1.31 bits per heavy atom. The summed E-state index contributed by atoms with van der Waals surface area (Å²) in [7, 11) is 0. The summed E-state index contributed by atoms with van der Waals surface area (Å²) in [5.41, 5.74) is 3.24. The van der Waals surface area contributed by atoms with Gasteiger partial charge in [-0.2, -0.15) is 0 Å². The standard InChI is InChI=1S/C28H31F2N5O/c1-3-7-25(33-22-11-10-19-13-21(29)14-24(30)23(19)15-22)28(36)34-27-17-35(18-32-27)26-9-6-5-8-20(26)16-31-12-4-2/h2,5-6,8-9,13-14,17-18,22,25,31,33H,3,7,10-12,15-16H2,1H3,(H,34,36)/t22-,25-/m0/s1. The van der Waals surface area contributed by atoms with Gasteiger partial charge in [-0.3, -0.25) is 4.79 Å². The molecule has 1 amide bonds. The Bertz CT molecular complexity index is 1250. The van der Waals surface area contributed by atoms with E-state index in [1.54, 1.807) is 12.5 Å². The Balaban J connectivity index is 1.42. The van der Waals surface area contributed by atoms with Gasteiger partial charge in [0, 0.05) is 18.7 Å². The number of para-hydroxylation sites is 1. The van der Waals surface area contributed by atoms with Crippen molar-refractivity contribution >= 4 is 11.7 Å². The Morgan fingerprint density at radius 2 is 2.14 bits per heavy atom. The van der Waals surface area contributed by atoms with Crippen molar-refractivity contribution in [1.29, 1.82) is 0 Å². The first-order valence-electron chi connectivity index (χ1n) is 12.3. The van der Waals surface area contributed by atoms with Gasteiger partial charge in [0.25, 0.3) is 0 Å². The lowest BCUT2D eigenvalue weighted by atomic mass is 9.87. The number of amides is 1. The number of carbonyl (C=O) groups is 1. The van der Waals surface area contributed by atoms with Crippen LogP contribution < -0.4 is 16.0 Å². The average molecular weight is 492 g/mol. The third-order valence-electron chi connectivity index (χ3n) is 6.44. The quantitative estimate of drug-likeness (QED) is 0.295. The molecule has 0 saturated carbocycles. The molecule has 3 aromatic rings. The van der Waals surface area contributed by atoms with Crippen LogP contribution in [-0.4, -0.2) is 34.1 Å². The predicted octanol–water partition coefficient (Wildman–Crippen LogP) is 4.13. The van der Waals surface area contributed by atoms with Gasteiger partial charge < -0.3 is 20.5 Å². The third kappa shape index (κ3) is 6.17. The largest absolute Gasteiger partial charge is 0.308 e. The lowest BCUT2D eigenvalue weighted by Crippen LogP contribution is -2.48. The maximum Gasteiger partial charge on any atom is 0.242 e. The molecule has 0 saturated heterocycles. The van der Waals surface area contributed by atoms with Crippen molar-refractivity contribution in [1.82, 2.24) is 20.2 Å². The van der Waals surface area contributed by atoms with Gasteiger partial charge in [-0.1, -0.05) is 37.5 Å². The number of anilines is 1. The summed E-state index contributed by atoms with van der Waals surface area (Å²) in [4.78, 5) is 17.5. The van der Waals surface area contributed by atoms with Crippen molar-refractivity contribution < 1.29 is 13.6 Å². The fourth-order valence-corrected chi connectivity index (χ4v) is 4.71. The van der Waals surface area contributed by atoms with Gasteiger partial charge in [0.2, 0.25) is 5.91 Å². The summed E-state index contributed by atoms with van der Waals surface area (Å²) in [6.45, 7) is 3.10. The first-order chi connectivity index (χ1) is 17.5. The summed E-state index contributed by atoms with van der Waals surface area (Å²) in [5, 5.41) is 9.51. The smallest absolute Gasteiger partial charge is 0.242 e. The monoisotopic (exact) mass is 491 g/mol. The van der Waals surface area contributed by atoms with Crippen LogP contribution in [0.2, 0.25) is 0 Å². The Kier molecular flexibility index (Phi) is 8.47. The molecule has 0 fully saturated rings. The lowest BCUT2D eigenvalue weighted by molar-refractivity contribution is -0.118. The minimum absolute atomic E-state index is 0.0697. The number of terminal acetylenes is 1. The number of aryl methyl sites for hydroxylation is 1. The highest BCUT2D eigenvalue weighted by atomic mass is 19.1. The number of benzene rings is 2. The SMILES string of the molecule is C#CCNCc1ccccc1-n1cnc(NC(=O)[C@H](CCC)N[C@H]2CCc3cc(F)cc(F)c3C2)c1. The van der Waals surface area contributed by atoms with Crippen LogP contribution in [0.1, 0.15) is 42.9 Å². The van der Waals surface area contributed by atoms with E-state index >= 15 is 0 Å². The number of aromatic nitrogens is 2. The minimum Gasteiger partial charge on any atom is -0.308 e. The van der Waals surface area contributed by atoms with Crippen LogP contribution in [0.25, 0.3) is 5.69 Å². The van der Waals surface area contributed by atoms with Crippen LogP contribution in [0.15, 0.2) is 48.9 Å². The van der Waals surface area contributed by atoms with Gasteiger partial charge in [0.05, 0.1) is 24.5 Å². The Labute approximate surface area is 210 Å². The van der Waals surface area contributed by atoms with Crippen LogP contribution in [0.5, 0.6) is 0 Å². The number of imidazole rings is 1. The van der Waals surface area contributed by atoms with Crippen LogP contribution in [0.4, 0.5) is 14.6 Å². The molecule has 3 N–H and O–H groups in total. The molecular weight excluding hydrogens is 460 g/mol. The summed E-state index contributed by atoms with van der Waals surface area (Å²) >= 11 is 0. The molecule has 1 aliphatic rings. The van der Waals surface area contributed by atoms with Crippen molar-refractivity contribution in [3.63, 3.8) is 0 Å². The van der Waals surface area contributed by atoms with Crippen molar-refractivity contribution in [3.8, 4) is 18.0 Å². The molecule has 0 radical (unpaired) electrons. The Hall–Kier alpha value is -3.54. The second-order valence-electron chi connectivity index (χ2n) is 9.06. The number of fused-ring (bicyclic) bond motifs is 1. The molecule has 2 aromatic carbocycles. The highest BCUT2D eigenvalue weighted by Crippen LogP contribution is 2.26. The first-order valence-corrected chi connectivity index (χ1v) is 12.3. The zero-order chi connectivity index (χ0) is 25.5. The number of nitrogens with zero attached hydrogens (tertiary/aromatic N) is 2. The molecular formula is C28H31F2N5O. The van der Waals surface area contributed by atoms with Crippen molar-refractivity contribution in [2.75, 3.05) is 11.9 Å². The molecule has 188 valence electrons. The number of rotatable bonds is 10. The van der Waals surface area contributed by atoms with E-state index in [0.29, 0.717) is 55.7 Å². The van der Waals surface area contributed by atoms with E-state index in [2.05, 4.69) is 26.9 Å². The van der Waals surface area contributed by atoms with Gasteiger partial charge in [-0.25, -0.2) is 13.8 Å². The molecule has 6 nitrogen and oxygen atoms in total. The summed E-state index contributed by atoms with van der Waals surface area (Å²) in [6.07, 6.45) is 11.9. The van der Waals surface area contributed by atoms with E-state index in [1.165, 1.54) is 6.07 Å². The minimum atomic E-state index is -0.549. The fourth-order valence-electron chi connectivity index (χ4n) is 4.71. The summed E-state index contributed by atoms with van der Waals surface area (Å²) < 4.78 is 29.7. The van der Waals surface area contributed by atoms with E-state index in [1.807, 2.05) is 35.8 Å². The topological polar surface area (TPSA) is 71.0 Å². The number of halogens is 2. The van der Waals surface area contributed by atoms with Gasteiger partial charge >= 0.3 is 0 Å². The number of hydrogen-bond acceptors (Lipinski definition) is 4. The Morgan fingerprint density at radius 3 is 2.94 bits per heavy atom. The molecule has 0 unspecified atom stereocenters. The maximum absolute atomic E-state index is 14.3. The zero-order valence-electron chi connectivity index (χ0n) is 20.4. The highest BCUT2D eigenvalue weighted by Gasteiger charge is 2.27. The van der Waals surface area contributed by atoms with E-state index < -0.39 is 17.7 Å². The van der Waals surface area contributed by atoms with Gasteiger partial charge in [0.1, 0.15) is 18.0 Å². The van der Waals surface area contributed by atoms with E-state index in [9.17, 15) is 13.6 Å². The van der Waals surface area contributed by atoms with Crippen molar-refractivity contribution in [2.45, 2.75) is 57.7 Å². The van der Waals surface area contributed by atoms with Crippen molar-refractivity contribution in [3.05, 3.63) is 77.2 Å². The highest BCUT2D eigenvalue weighted by molar-refractivity contribution is 5.94. The molecule has 0 spiro atoms. The molecule has 2 atom stereocenters. The van der Waals surface area contributed by atoms with E-state index in [0.717, 1.165) is 23.7 Å². The van der Waals surface area contributed by atoms with Gasteiger partial charge in [0.15, 0.2) is 5.82 Å². The van der Waals surface area contributed by atoms with Crippen LogP contribution in [-0.2, 0) is 24.2 Å². The maximum atomic E-state index is 14.3. The molecule has 1 aliphatic carbocycles. The predicted molar refractivity (Wildman–Crippen MR) is 137 cm³/mol. The van der Waals surface area contributed by atoms with Crippen LogP contribution in [0, 0.1) is 24.0 Å². The van der Waals surface area contributed by atoms with Gasteiger partial charge in [-0.15, -0.1) is 6.42 Å². The second kappa shape index (κ2) is 11.9. The molecule has 36 heavy (non-hydrogen) atoms. The fraction of sp³-hybridized carbons (Fsp3) is 0.357. The number of hydrogen-bond donors (Lipinski definition) is 3. The van der Waals surface area contributed by atoms with E-state index in [4.69, 9.17) is 6.42 Å². The first kappa shape index (κ1) is 25.5. The zero-order valence-corrected chi connectivity index (χ0v) is 20.4. The van der Waals surface area contributed by atoms with Gasteiger partial charge in [-0.05, 0) is 54.5 Å². The van der Waals surface area contributed by atoms with Crippen molar-refractivity contribution in [2.24, 2.45) is 0 Å². The molecule has 0 aliphatic heterocycles. The summed E-state index contributed by atoms with van der Waals surface area (Å²) in [5.74, 6) is 1.76. The van der Waals surface area contributed by atoms with Crippen LogP contribution in [0.3, 0.4) is 0 Å². The average Bonchev–Trinajstić information content (AvgIpc) is 3.32. The lowest BCUT2D eigenvalue weighted by Gasteiger charge is -2.29.